The molecule has 2 aliphatic carbocycles. The zero-order chi connectivity index (χ0) is 42.3. The van der Waals surface area contributed by atoms with E-state index in [4.69, 9.17) is 20.9 Å². The van der Waals surface area contributed by atoms with Crippen LogP contribution in [0.2, 0.25) is 0 Å². The van der Waals surface area contributed by atoms with Gasteiger partial charge in [0.15, 0.2) is 13.2 Å². The predicted molar refractivity (Wildman–Crippen MR) is 231 cm³/mol. The zero-order valence-electron chi connectivity index (χ0n) is 33.1. The van der Waals surface area contributed by atoms with Crippen molar-refractivity contribution in [3.05, 3.63) is 104 Å². The fourth-order valence-corrected chi connectivity index (χ4v) is 10.5. The molecule has 8 N–H and O–H groups in total. The average molecular weight is 851 g/mol. The first-order valence-electron chi connectivity index (χ1n) is 19.8. The lowest BCUT2D eigenvalue weighted by molar-refractivity contribution is -0.147. The summed E-state index contributed by atoms with van der Waals surface area (Å²) in [6, 6.07) is 15.5. The number of fused-ring (bicyclic) bond motifs is 4. The molecule has 2 aliphatic rings. The summed E-state index contributed by atoms with van der Waals surface area (Å²) in [6.45, 7) is 1.35. The molecule has 6 aromatic rings. The number of aryl methyl sites for hydroxylation is 2. The van der Waals surface area contributed by atoms with Crippen LogP contribution in [0, 0.1) is 5.92 Å². The maximum atomic E-state index is 12.3. The Morgan fingerprint density at radius 2 is 1.23 bits per heavy atom. The summed E-state index contributed by atoms with van der Waals surface area (Å²) >= 11 is 2.77. The number of carbonyl (C=O) groups excluding carboxylic acids is 6. The maximum Gasteiger partial charge on any atom is 0.310 e. The third-order valence-corrected chi connectivity index (χ3v) is 13.1. The molecule has 14 nitrogen and oxygen atoms in total. The Bertz CT molecular complexity index is 2600. The highest BCUT2D eigenvalue weighted by atomic mass is 32.1. The summed E-state index contributed by atoms with van der Waals surface area (Å²) in [5.74, 6) is -2.46. The molecule has 4 aromatic heterocycles. The molecule has 312 valence electrons. The van der Waals surface area contributed by atoms with Gasteiger partial charge in [0.05, 0.1) is 17.5 Å². The number of aromatic nitrogens is 2. The smallest absolute Gasteiger partial charge is 0.310 e. The summed E-state index contributed by atoms with van der Waals surface area (Å²) in [5.41, 5.74) is 17.6. The van der Waals surface area contributed by atoms with Gasteiger partial charge in [-0.15, -0.1) is 22.7 Å². The van der Waals surface area contributed by atoms with Gasteiger partial charge in [0.1, 0.15) is 10.0 Å². The lowest BCUT2D eigenvalue weighted by Gasteiger charge is -2.18. The quantitative estimate of drug-likeness (QED) is 0.0702. The molecule has 0 saturated carbocycles. The van der Waals surface area contributed by atoms with Gasteiger partial charge in [-0.3, -0.25) is 28.8 Å². The van der Waals surface area contributed by atoms with Gasteiger partial charge in [-0.2, -0.15) is 0 Å². The number of esters is 2. The van der Waals surface area contributed by atoms with E-state index < -0.39 is 48.8 Å². The fraction of sp³-hybridized carbons (Fsp3) is 0.318. The SMILES string of the molecule is CC1CCc2c(sc(NC(=O)COC(=O)Cc3c[nH]c4ccccc34)c2C(N)=O)C1.NC(=O)c1c(NC(=O)COC(=O)CCc2c[nH]c3ccccc23)sc2c1CCCC2. The Morgan fingerprint density at radius 3 is 1.87 bits per heavy atom. The van der Waals surface area contributed by atoms with Crippen LogP contribution >= 0.6 is 22.7 Å². The van der Waals surface area contributed by atoms with Crippen molar-refractivity contribution < 1.29 is 38.2 Å². The average Bonchev–Trinajstić information content (AvgIpc) is 4.01. The number of benzene rings is 2. The van der Waals surface area contributed by atoms with Crippen molar-refractivity contribution >= 4 is 90.0 Å². The van der Waals surface area contributed by atoms with Crippen LogP contribution in [0.5, 0.6) is 0 Å². The van der Waals surface area contributed by atoms with Gasteiger partial charge < -0.3 is 41.5 Å². The molecule has 0 saturated heterocycles. The van der Waals surface area contributed by atoms with Gasteiger partial charge in [-0.1, -0.05) is 43.3 Å². The number of H-pyrrole nitrogens is 2. The van der Waals surface area contributed by atoms with E-state index in [9.17, 15) is 28.8 Å². The minimum atomic E-state index is -0.548. The highest BCUT2D eigenvalue weighted by Crippen LogP contribution is 2.40. The van der Waals surface area contributed by atoms with Gasteiger partial charge in [0.25, 0.3) is 23.6 Å². The minimum Gasteiger partial charge on any atom is -0.456 e. The van der Waals surface area contributed by atoms with Crippen molar-refractivity contribution in [3.63, 3.8) is 0 Å². The lowest BCUT2D eigenvalue weighted by atomic mass is 9.88. The van der Waals surface area contributed by atoms with Gasteiger partial charge in [0.2, 0.25) is 0 Å². The highest BCUT2D eigenvalue weighted by molar-refractivity contribution is 7.17. The number of ether oxygens (including phenoxy) is 2. The summed E-state index contributed by atoms with van der Waals surface area (Å²) in [4.78, 5) is 81.2. The van der Waals surface area contributed by atoms with Crippen LogP contribution in [0.4, 0.5) is 10.0 Å². The molecule has 0 spiro atoms. The Hall–Kier alpha value is -6.26. The Kier molecular flexibility index (Phi) is 13.1. The van der Waals surface area contributed by atoms with Crippen molar-refractivity contribution in [2.75, 3.05) is 23.8 Å². The van der Waals surface area contributed by atoms with E-state index in [2.05, 4.69) is 27.5 Å². The van der Waals surface area contributed by atoms with Crippen molar-refractivity contribution in [1.82, 2.24) is 9.97 Å². The van der Waals surface area contributed by atoms with E-state index in [1.54, 1.807) is 6.20 Å². The normalized spacial score (nSPS) is 14.3. The second-order valence-corrected chi connectivity index (χ2v) is 17.2. The predicted octanol–water partition coefficient (Wildman–Crippen LogP) is 6.50. The summed E-state index contributed by atoms with van der Waals surface area (Å²) in [5, 5.41) is 8.32. The molecule has 0 aliphatic heterocycles. The van der Waals surface area contributed by atoms with Crippen molar-refractivity contribution in [2.45, 2.75) is 71.1 Å². The van der Waals surface area contributed by atoms with E-state index in [1.165, 1.54) is 22.7 Å². The van der Waals surface area contributed by atoms with Crippen LogP contribution in [0.15, 0.2) is 60.9 Å². The molecule has 60 heavy (non-hydrogen) atoms. The number of nitrogens with one attached hydrogen (secondary N) is 4. The van der Waals surface area contributed by atoms with Gasteiger partial charge >= 0.3 is 11.9 Å². The van der Waals surface area contributed by atoms with Crippen molar-refractivity contribution in [2.24, 2.45) is 17.4 Å². The van der Waals surface area contributed by atoms with Crippen LogP contribution in [0.25, 0.3) is 21.8 Å². The first-order valence-corrected chi connectivity index (χ1v) is 21.5. The van der Waals surface area contributed by atoms with Gasteiger partial charge in [0, 0.05) is 50.4 Å². The molecule has 16 heteroatoms. The number of carbonyl (C=O) groups is 6. The molecule has 0 fully saturated rings. The summed E-state index contributed by atoms with van der Waals surface area (Å²) in [6.07, 6.45) is 10.8. The monoisotopic (exact) mass is 850 g/mol. The number of anilines is 2. The van der Waals surface area contributed by atoms with Crippen molar-refractivity contribution in [3.8, 4) is 0 Å². The largest absolute Gasteiger partial charge is 0.456 e. The third-order valence-electron chi connectivity index (χ3n) is 10.7. The van der Waals surface area contributed by atoms with Crippen LogP contribution in [0.1, 0.15) is 85.3 Å². The summed E-state index contributed by atoms with van der Waals surface area (Å²) in [7, 11) is 0. The Labute approximate surface area is 353 Å². The van der Waals surface area contributed by atoms with Crippen LogP contribution in [-0.4, -0.2) is 58.7 Å². The molecule has 2 aromatic carbocycles. The highest BCUT2D eigenvalue weighted by Gasteiger charge is 2.28. The second kappa shape index (κ2) is 18.8. The van der Waals surface area contributed by atoms with Crippen LogP contribution < -0.4 is 22.1 Å². The lowest BCUT2D eigenvalue weighted by Crippen LogP contribution is -2.23. The number of nitrogens with two attached hydrogens (primary N) is 2. The topological polar surface area (TPSA) is 229 Å². The molecule has 0 bridgehead atoms. The van der Waals surface area contributed by atoms with E-state index in [-0.39, 0.29) is 12.8 Å². The van der Waals surface area contributed by atoms with Crippen LogP contribution in [0.3, 0.4) is 0 Å². The Balaban J connectivity index is 0.000000181. The fourth-order valence-electron chi connectivity index (χ4n) is 7.76. The molecule has 4 amide bonds. The number of thiophene rings is 2. The van der Waals surface area contributed by atoms with E-state index in [0.717, 1.165) is 98.8 Å². The number of para-hydroxylation sites is 2. The van der Waals surface area contributed by atoms with E-state index in [0.29, 0.717) is 33.5 Å². The molecular formula is C44H46N6O8S2. The molecule has 8 rings (SSSR count). The van der Waals surface area contributed by atoms with E-state index in [1.807, 2.05) is 54.7 Å². The summed E-state index contributed by atoms with van der Waals surface area (Å²) < 4.78 is 10.3. The maximum absolute atomic E-state index is 12.3. The number of amides is 4. The number of aromatic amines is 2. The molecular weight excluding hydrogens is 805 g/mol. The van der Waals surface area contributed by atoms with Crippen molar-refractivity contribution in [1.29, 1.82) is 0 Å². The van der Waals surface area contributed by atoms with Gasteiger partial charge in [-0.25, -0.2) is 0 Å². The Morgan fingerprint density at radius 1 is 0.700 bits per heavy atom. The molecule has 1 unspecified atom stereocenters. The standard InChI is InChI=1S/2C22H23N3O4S/c1-12-6-7-15-17(8-12)30-22(20(15)21(23)28)25-18(26)11-29-19(27)9-13-10-24-16-5-3-2-4-14(13)16;23-21(28)20-15-6-2-4-8-17(15)30-22(20)25-18(26)12-29-19(27)10-9-13-11-24-16-7-3-1-5-14(13)16/h2-5,10,12,24H,6-9,11H2,1H3,(H2,23,28)(H,25,26);1,3,5,7,11,24H,2,4,6,8-10,12H2,(H2,23,28)(H,25,26). The molecule has 4 heterocycles. The number of hydrogen-bond acceptors (Lipinski definition) is 10. The second-order valence-electron chi connectivity index (χ2n) is 15.0. The first kappa shape index (κ1) is 41.9. The van der Waals surface area contributed by atoms with E-state index >= 15 is 0 Å². The number of hydrogen-bond donors (Lipinski definition) is 6. The minimum absolute atomic E-state index is 0.0645. The van der Waals surface area contributed by atoms with Gasteiger partial charge in [-0.05, 0) is 91.7 Å². The van der Waals surface area contributed by atoms with Crippen LogP contribution in [-0.2, 0) is 67.2 Å². The number of primary amides is 2. The number of rotatable bonds is 13. The zero-order valence-corrected chi connectivity index (χ0v) is 34.7. The third kappa shape index (κ3) is 9.77. The first-order chi connectivity index (χ1) is 28.9. The molecule has 0 radical (unpaired) electrons. The molecule has 1 atom stereocenters.